The molecule has 1 unspecified atom stereocenters. The molecule has 136 valence electrons. The summed E-state index contributed by atoms with van der Waals surface area (Å²) in [6.07, 6.45) is -1.37. The van der Waals surface area contributed by atoms with Gasteiger partial charge < -0.3 is 9.80 Å². The van der Waals surface area contributed by atoms with Crippen LogP contribution in [0.3, 0.4) is 0 Å². The standard InChI is InChI=1S/C20H25F3N2/c1-14-15(2)25(19-5-4-11-24(3)13-18(14)19)12-10-16-6-8-17(9-7-16)20(21,22)23/h6-9,14H,2,4-5,10-13H2,1,3H3. The maximum atomic E-state index is 12.7. The topological polar surface area (TPSA) is 6.48 Å². The molecule has 0 amide bonds. The average Bonchev–Trinajstić information content (AvgIpc) is 2.70. The summed E-state index contributed by atoms with van der Waals surface area (Å²) in [6.45, 7) is 9.32. The first-order valence-corrected chi connectivity index (χ1v) is 8.80. The van der Waals surface area contributed by atoms with Crippen molar-refractivity contribution in [3.8, 4) is 0 Å². The van der Waals surface area contributed by atoms with Crippen LogP contribution in [0.2, 0.25) is 0 Å². The second kappa shape index (κ2) is 6.87. The molecule has 0 spiro atoms. The number of likely N-dealkylation sites (N-methyl/N-ethyl adjacent to an activating group) is 1. The van der Waals surface area contributed by atoms with Crippen molar-refractivity contribution in [3.05, 3.63) is 58.9 Å². The fraction of sp³-hybridized carbons (Fsp3) is 0.500. The van der Waals surface area contributed by atoms with Crippen LogP contribution in [-0.2, 0) is 12.6 Å². The minimum atomic E-state index is -4.27. The van der Waals surface area contributed by atoms with E-state index < -0.39 is 11.7 Å². The molecule has 0 fully saturated rings. The van der Waals surface area contributed by atoms with E-state index in [1.165, 1.54) is 23.4 Å². The SMILES string of the molecule is C=C1C(C)C2=C(CCCN(C)C2)N1CCc1ccc(C(F)(F)F)cc1. The van der Waals surface area contributed by atoms with Crippen LogP contribution in [0.1, 0.15) is 30.9 Å². The van der Waals surface area contributed by atoms with Gasteiger partial charge in [0.1, 0.15) is 0 Å². The van der Waals surface area contributed by atoms with E-state index in [9.17, 15) is 13.2 Å². The molecule has 0 saturated carbocycles. The zero-order chi connectivity index (χ0) is 18.2. The molecular weight excluding hydrogens is 325 g/mol. The Morgan fingerprint density at radius 1 is 1.20 bits per heavy atom. The van der Waals surface area contributed by atoms with Gasteiger partial charge in [-0.1, -0.05) is 25.6 Å². The number of nitrogens with zero attached hydrogens (tertiary/aromatic N) is 2. The zero-order valence-electron chi connectivity index (χ0n) is 14.9. The first-order chi connectivity index (χ1) is 11.8. The molecule has 0 bridgehead atoms. The van der Waals surface area contributed by atoms with Crippen molar-refractivity contribution in [2.45, 2.75) is 32.4 Å². The van der Waals surface area contributed by atoms with Crippen LogP contribution < -0.4 is 0 Å². The highest BCUT2D eigenvalue weighted by atomic mass is 19.4. The highest BCUT2D eigenvalue weighted by Gasteiger charge is 2.33. The summed E-state index contributed by atoms with van der Waals surface area (Å²) in [4.78, 5) is 4.66. The molecule has 1 aromatic carbocycles. The Morgan fingerprint density at radius 3 is 2.52 bits per heavy atom. The van der Waals surface area contributed by atoms with Gasteiger partial charge in [-0.15, -0.1) is 0 Å². The number of rotatable bonds is 3. The van der Waals surface area contributed by atoms with Crippen molar-refractivity contribution >= 4 is 0 Å². The van der Waals surface area contributed by atoms with E-state index in [2.05, 4.69) is 30.4 Å². The van der Waals surface area contributed by atoms with Crippen LogP contribution in [0, 0.1) is 5.92 Å². The van der Waals surface area contributed by atoms with Gasteiger partial charge in [0.15, 0.2) is 0 Å². The molecule has 1 aromatic rings. The summed E-state index contributed by atoms with van der Waals surface area (Å²) in [5.41, 5.74) is 4.29. The lowest BCUT2D eigenvalue weighted by Gasteiger charge is -2.25. The summed E-state index contributed by atoms with van der Waals surface area (Å²) in [5.74, 6) is 0.350. The van der Waals surface area contributed by atoms with Crippen molar-refractivity contribution in [2.24, 2.45) is 5.92 Å². The number of benzene rings is 1. The molecule has 0 saturated heterocycles. The molecule has 1 atom stereocenters. The van der Waals surface area contributed by atoms with E-state index in [-0.39, 0.29) is 0 Å². The van der Waals surface area contributed by atoms with E-state index in [0.717, 1.165) is 50.2 Å². The lowest BCUT2D eigenvalue weighted by atomic mass is 10.0. The van der Waals surface area contributed by atoms with Crippen LogP contribution in [0.5, 0.6) is 0 Å². The van der Waals surface area contributed by atoms with Gasteiger partial charge in [0.2, 0.25) is 0 Å². The lowest BCUT2D eigenvalue weighted by Crippen LogP contribution is -2.24. The monoisotopic (exact) mass is 350 g/mol. The molecule has 25 heavy (non-hydrogen) atoms. The fourth-order valence-corrected chi connectivity index (χ4v) is 3.82. The van der Waals surface area contributed by atoms with Crippen molar-refractivity contribution in [1.29, 1.82) is 0 Å². The quantitative estimate of drug-likeness (QED) is 0.780. The van der Waals surface area contributed by atoms with Crippen LogP contribution in [0.15, 0.2) is 47.8 Å². The molecule has 0 radical (unpaired) electrons. The predicted molar refractivity (Wildman–Crippen MR) is 93.9 cm³/mol. The van der Waals surface area contributed by atoms with Gasteiger partial charge in [-0.2, -0.15) is 13.2 Å². The molecule has 0 N–H and O–H groups in total. The van der Waals surface area contributed by atoms with Gasteiger partial charge in [0, 0.05) is 30.4 Å². The molecule has 0 aromatic heterocycles. The van der Waals surface area contributed by atoms with E-state index in [1.807, 2.05) is 0 Å². The van der Waals surface area contributed by atoms with Crippen molar-refractivity contribution in [2.75, 3.05) is 26.7 Å². The average molecular weight is 350 g/mol. The highest BCUT2D eigenvalue weighted by molar-refractivity contribution is 5.35. The van der Waals surface area contributed by atoms with Gasteiger partial charge in [0.05, 0.1) is 5.56 Å². The Hall–Kier alpha value is -1.75. The Labute approximate surface area is 147 Å². The second-order valence-electron chi connectivity index (χ2n) is 7.12. The Balaban J connectivity index is 1.71. The minimum Gasteiger partial charge on any atom is -0.348 e. The summed E-state index contributed by atoms with van der Waals surface area (Å²) >= 11 is 0. The molecule has 2 nitrogen and oxygen atoms in total. The summed E-state index contributed by atoms with van der Waals surface area (Å²) in [5, 5.41) is 0. The largest absolute Gasteiger partial charge is 0.416 e. The van der Waals surface area contributed by atoms with Crippen molar-refractivity contribution < 1.29 is 13.2 Å². The molecule has 5 heteroatoms. The van der Waals surface area contributed by atoms with Gasteiger partial charge >= 0.3 is 6.18 Å². The van der Waals surface area contributed by atoms with Crippen LogP contribution in [-0.4, -0.2) is 36.5 Å². The number of alkyl halides is 3. The number of hydrogen-bond acceptors (Lipinski definition) is 2. The third-order valence-corrected chi connectivity index (χ3v) is 5.36. The zero-order valence-corrected chi connectivity index (χ0v) is 14.9. The molecule has 2 aliphatic rings. The van der Waals surface area contributed by atoms with Crippen molar-refractivity contribution in [1.82, 2.24) is 9.80 Å². The Morgan fingerprint density at radius 2 is 1.88 bits per heavy atom. The van der Waals surface area contributed by atoms with E-state index in [1.54, 1.807) is 12.1 Å². The van der Waals surface area contributed by atoms with E-state index in [4.69, 9.17) is 0 Å². The van der Waals surface area contributed by atoms with Crippen LogP contribution in [0.4, 0.5) is 13.2 Å². The highest BCUT2D eigenvalue weighted by Crippen LogP contribution is 2.39. The van der Waals surface area contributed by atoms with Gasteiger partial charge in [-0.25, -0.2) is 0 Å². The second-order valence-corrected chi connectivity index (χ2v) is 7.12. The van der Waals surface area contributed by atoms with Crippen molar-refractivity contribution in [3.63, 3.8) is 0 Å². The smallest absolute Gasteiger partial charge is 0.348 e. The maximum Gasteiger partial charge on any atom is 0.416 e. The molecule has 2 heterocycles. The molecule has 3 rings (SSSR count). The Kier molecular flexibility index (Phi) is 4.96. The first kappa shape index (κ1) is 18.1. The summed E-state index contributed by atoms with van der Waals surface area (Å²) < 4.78 is 38.0. The van der Waals surface area contributed by atoms with E-state index in [0.29, 0.717) is 5.92 Å². The summed E-state index contributed by atoms with van der Waals surface area (Å²) in [6, 6.07) is 5.51. The van der Waals surface area contributed by atoms with Crippen LogP contribution in [0.25, 0.3) is 0 Å². The Bertz CT molecular complexity index is 673. The minimum absolute atomic E-state index is 0.350. The van der Waals surface area contributed by atoms with Crippen LogP contribution >= 0.6 is 0 Å². The predicted octanol–water partition coefficient (Wildman–Crippen LogP) is 4.69. The summed E-state index contributed by atoms with van der Waals surface area (Å²) in [7, 11) is 2.15. The van der Waals surface area contributed by atoms with Gasteiger partial charge in [-0.3, -0.25) is 0 Å². The maximum absolute atomic E-state index is 12.7. The first-order valence-electron chi connectivity index (χ1n) is 8.80. The molecular formula is C20H25F3N2. The molecule has 0 aliphatic carbocycles. The molecule has 2 aliphatic heterocycles. The lowest BCUT2D eigenvalue weighted by molar-refractivity contribution is -0.137. The van der Waals surface area contributed by atoms with Gasteiger partial charge in [-0.05, 0) is 56.1 Å². The number of halogens is 3. The van der Waals surface area contributed by atoms with E-state index >= 15 is 0 Å². The fourth-order valence-electron chi connectivity index (χ4n) is 3.82. The van der Waals surface area contributed by atoms with Gasteiger partial charge in [0.25, 0.3) is 0 Å². The number of hydrogen-bond donors (Lipinski definition) is 0. The third kappa shape index (κ3) is 3.76. The normalized spacial score (nSPS) is 22.4. The number of allylic oxidation sites excluding steroid dienone is 2. The third-order valence-electron chi connectivity index (χ3n) is 5.36.